The van der Waals surface area contributed by atoms with Crippen LogP contribution in [0, 0.1) is 0 Å². The lowest BCUT2D eigenvalue weighted by molar-refractivity contribution is -0.142. The van der Waals surface area contributed by atoms with E-state index in [1.54, 1.807) is 0 Å². The molecule has 0 aliphatic carbocycles. The van der Waals surface area contributed by atoms with Crippen LogP contribution in [0.5, 0.6) is 0 Å². The summed E-state index contributed by atoms with van der Waals surface area (Å²) in [6.07, 6.45) is -4.87. The summed E-state index contributed by atoms with van der Waals surface area (Å²) in [5.74, 6) is -1.65. The number of nitrogens with one attached hydrogen (secondary N) is 1. The minimum atomic E-state index is -4.77. The number of hydrogen-bond acceptors (Lipinski definition) is 5. The number of fused-ring (bicyclic) bond motifs is 1. The molecule has 2 N–H and O–H groups in total. The van der Waals surface area contributed by atoms with Gasteiger partial charge in [-0.1, -0.05) is 6.07 Å². The van der Waals surface area contributed by atoms with Crippen LogP contribution in [0.2, 0.25) is 0 Å². The van der Waals surface area contributed by atoms with Gasteiger partial charge in [0.15, 0.2) is 6.04 Å². The number of alkyl halides is 3. The van der Waals surface area contributed by atoms with E-state index in [2.05, 4.69) is 0 Å². The van der Waals surface area contributed by atoms with Crippen LogP contribution in [0.3, 0.4) is 0 Å². The zero-order valence-electron chi connectivity index (χ0n) is 12.8. The molecule has 1 unspecified atom stereocenters. The van der Waals surface area contributed by atoms with Gasteiger partial charge >= 0.3 is 12.1 Å². The summed E-state index contributed by atoms with van der Waals surface area (Å²) in [7, 11) is -4.62. The lowest BCUT2D eigenvalue weighted by Crippen LogP contribution is -2.44. The van der Waals surface area contributed by atoms with E-state index in [4.69, 9.17) is 4.52 Å². The number of benzene rings is 1. The van der Waals surface area contributed by atoms with Gasteiger partial charge in [-0.3, -0.25) is 9.59 Å². The molecular formula is C14H11F3N2O6S. The van der Waals surface area contributed by atoms with E-state index in [0.717, 1.165) is 12.1 Å². The van der Waals surface area contributed by atoms with E-state index in [9.17, 15) is 36.3 Å². The fraction of sp³-hybridized carbons (Fsp3) is 0.286. The third-order valence-electron chi connectivity index (χ3n) is 3.93. The molecule has 1 aliphatic rings. The van der Waals surface area contributed by atoms with Crippen molar-refractivity contribution in [3.8, 4) is 0 Å². The molecular weight excluding hydrogens is 381 g/mol. The summed E-state index contributed by atoms with van der Waals surface area (Å²) in [6.45, 7) is -0.372. The van der Waals surface area contributed by atoms with E-state index in [0.29, 0.717) is 16.4 Å². The molecule has 3 rings (SSSR count). The second kappa shape index (κ2) is 5.99. The Morgan fingerprint density at radius 2 is 2.04 bits per heavy atom. The smallest absolute Gasteiger partial charge is 0.416 e. The Bertz CT molecular complexity index is 1020. The highest BCUT2D eigenvalue weighted by Gasteiger charge is 2.44. The number of carbonyl (C=O) groups is 1. The maximum Gasteiger partial charge on any atom is 0.416 e. The first-order chi connectivity index (χ1) is 12.0. The molecule has 140 valence electrons. The molecule has 12 heteroatoms. The molecule has 0 saturated carbocycles. The highest BCUT2D eigenvalue weighted by molar-refractivity contribution is 7.89. The lowest BCUT2D eigenvalue weighted by Gasteiger charge is -2.30. The van der Waals surface area contributed by atoms with E-state index in [-0.39, 0.29) is 24.3 Å². The Balaban J connectivity index is 2.11. The van der Waals surface area contributed by atoms with Gasteiger partial charge < -0.3 is 9.63 Å². The van der Waals surface area contributed by atoms with Crippen molar-refractivity contribution < 1.29 is 36.0 Å². The number of halogens is 3. The van der Waals surface area contributed by atoms with Gasteiger partial charge in [0.1, 0.15) is 5.76 Å². The molecule has 1 aliphatic heterocycles. The monoisotopic (exact) mass is 392 g/mol. The van der Waals surface area contributed by atoms with Crippen molar-refractivity contribution in [3.05, 3.63) is 51.5 Å². The zero-order chi connectivity index (χ0) is 19.3. The van der Waals surface area contributed by atoms with Crippen molar-refractivity contribution in [2.24, 2.45) is 0 Å². The van der Waals surface area contributed by atoms with Crippen LogP contribution in [-0.2, 0) is 27.4 Å². The lowest BCUT2D eigenvalue weighted by atomic mass is 10.0. The number of carboxylic acid groups (broad SMARTS) is 1. The molecule has 1 aromatic heterocycles. The quantitative estimate of drug-likeness (QED) is 0.814. The van der Waals surface area contributed by atoms with Crippen LogP contribution in [0.25, 0.3) is 0 Å². The largest absolute Gasteiger partial charge is 0.480 e. The number of aromatic nitrogens is 1. The molecule has 1 atom stereocenters. The van der Waals surface area contributed by atoms with Gasteiger partial charge in [-0.2, -0.15) is 22.6 Å². The van der Waals surface area contributed by atoms with Gasteiger partial charge in [-0.25, -0.2) is 8.42 Å². The average Bonchev–Trinajstić information content (AvgIpc) is 2.94. The molecule has 8 nitrogen and oxygen atoms in total. The number of aliphatic carboxylic acids is 1. The molecule has 26 heavy (non-hydrogen) atoms. The molecule has 2 aromatic rings. The standard InChI is InChI=1S/C14H11F3N2O6S/c15-14(16,17)7-2-1-3-8(6-7)26(23,24)19-5-4-9-10(11(19)13(21)22)12(20)18-25-9/h1-3,6,11H,4-5H2,(H,18,20)(H,21,22). The average molecular weight is 392 g/mol. The van der Waals surface area contributed by atoms with E-state index < -0.39 is 44.2 Å². The van der Waals surface area contributed by atoms with Gasteiger partial charge in [0.05, 0.1) is 16.0 Å². The molecule has 2 heterocycles. The number of sulfonamides is 1. The molecule has 0 bridgehead atoms. The fourth-order valence-electron chi connectivity index (χ4n) is 2.77. The summed E-state index contributed by atoms with van der Waals surface area (Å²) < 4.78 is 69.4. The first-order valence-electron chi connectivity index (χ1n) is 7.15. The summed E-state index contributed by atoms with van der Waals surface area (Å²) in [5.41, 5.74) is -2.49. The molecule has 0 fully saturated rings. The second-order valence-electron chi connectivity index (χ2n) is 5.50. The number of rotatable bonds is 3. The van der Waals surface area contributed by atoms with Crippen molar-refractivity contribution in [2.75, 3.05) is 6.54 Å². The number of carboxylic acids is 1. The summed E-state index contributed by atoms with van der Waals surface area (Å²) in [4.78, 5) is 22.7. The summed E-state index contributed by atoms with van der Waals surface area (Å²) in [6, 6.07) is 1.05. The van der Waals surface area contributed by atoms with E-state index in [1.165, 1.54) is 0 Å². The second-order valence-corrected chi connectivity index (χ2v) is 7.39. The number of aromatic amines is 1. The summed E-state index contributed by atoms with van der Waals surface area (Å²) >= 11 is 0. The van der Waals surface area contributed by atoms with Crippen molar-refractivity contribution in [3.63, 3.8) is 0 Å². The van der Waals surface area contributed by atoms with Crippen LogP contribution in [-0.4, -0.2) is 35.5 Å². The van der Waals surface area contributed by atoms with Gasteiger partial charge in [0, 0.05) is 13.0 Å². The third-order valence-corrected chi connectivity index (χ3v) is 5.80. The molecule has 0 amide bonds. The first-order valence-corrected chi connectivity index (χ1v) is 8.59. The van der Waals surface area contributed by atoms with E-state index in [1.807, 2.05) is 5.16 Å². The maximum atomic E-state index is 12.9. The van der Waals surface area contributed by atoms with Gasteiger partial charge in [0.25, 0.3) is 5.56 Å². The predicted molar refractivity (Wildman–Crippen MR) is 78.7 cm³/mol. The number of nitrogens with zero attached hydrogens (tertiary/aromatic N) is 1. The first kappa shape index (κ1) is 18.2. The SMILES string of the molecule is O=C(O)C1c2c(o[nH]c2=O)CCN1S(=O)(=O)c1cccc(C(F)(F)F)c1. The van der Waals surface area contributed by atoms with Crippen molar-refractivity contribution in [1.29, 1.82) is 0 Å². The number of H-pyrrole nitrogens is 1. The Morgan fingerprint density at radius 1 is 1.35 bits per heavy atom. The van der Waals surface area contributed by atoms with Crippen LogP contribution in [0.1, 0.15) is 22.9 Å². The molecule has 0 spiro atoms. The summed E-state index contributed by atoms with van der Waals surface area (Å²) in [5, 5.41) is 11.4. The maximum absolute atomic E-state index is 12.9. The van der Waals surface area contributed by atoms with Crippen molar-refractivity contribution >= 4 is 16.0 Å². The topological polar surface area (TPSA) is 121 Å². The Kier molecular flexibility index (Phi) is 4.19. The minimum absolute atomic E-state index is 0.00195. The van der Waals surface area contributed by atoms with Crippen molar-refractivity contribution in [2.45, 2.75) is 23.5 Å². The van der Waals surface area contributed by atoms with Gasteiger partial charge in [0.2, 0.25) is 10.0 Å². The Morgan fingerprint density at radius 3 is 2.65 bits per heavy atom. The van der Waals surface area contributed by atoms with Crippen LogP contribution < -0.4 is 5.56 Å². The predicted octanol–water partition coefficient (Wildman–Crippen LogP) is 1.36. The van der Waals surface area contributed by atoms with Crippen LogP contribution >= 0.6 is 0 Å². The van der Waals surface area contributed by atoms with Crippen LogP contribution in [0.15, 0.2) is 38.5 Å². The fourth-order valence-corrected chi connectivity index (χ4v) is 4.37. The highest BCUT2D eigenvalue weighted by Crippen LogP contribution is 2.35. The molecule has 1 aromatic carbocycles. The Hall–Kier alpha value is -2.60. The normalized spacial score (nSPS) is 18.5. The van der Waals surface area contributed by atoms with Gasteiger partial charge in [-0.05, 0) is 18.2 Å². The highest BCUT2D eigenvalue weighted by atomic mass is 32.2. The third kappa shape index (κ3) is 2.90. The van der Waals surface area contributed by atoms with E-state index >= 15 is 0 Å². The number of hydrogen-bond donors (Lipinski definition) is 2. The molecule has 0 saturated heterocycles. The van der Waals surface area contributed by atoms with Crippen LogP contribution in [0.4, 0.5) is 13.2 Å². The zero-order valence-corrected chi connectivity index (χ0v) is 13.6. The minimum Gasteiger partial charge on any atom is -0.480 e. The molecule has 0 radical (unpaired) electrons. The van der Waals surface area contributed by atoms with Gasteiger partial charge in [-0.15, -0.1) is 0 Å². The Labute approximate surface area is 143 Å². The van der Waals surface area contributed by atoms with Crippen molar-refractivity contribution in [1.82, 2.24) is 9.46 Å².